The van der Waals surface area contributed by atoms with Crippen molar-refractivity contribution in [2.24, 2.45) is 17.8 Å². The van der Waals surface area contributed by atoms with Crippen molar-refractivity contribution in [3.63, 3.8) is 0 Å². The van der Waals surface area contributed by atoms with Crippen LogP contribution in [-0.2, 0) is 36.9 Å². The van der Waals surface area contributed by atoms with Crippen molar-refractivity contribution >= 4 is 22.9 Å². The summed E-state index contributed by atoms with van der Waals surface area (Å²) in [7, 11) is 0. The van der Waals surface area contributed by atoms with Gasteiger partial charge in [0.2, 0.25) is 10.9 Å². The largest absolute Gasteiger partial charge is 0.299 e. The molecule has 1 aromatic carbocycles. The first-order valence-electron chi connectivity index (χ1n) is 12.0. The fourth-order valence-corrected chi connectivity index (χ4v) is 6.65. The highest BCUT2D eigenvalue weighted by Crippen LogP contribution is 2.41. The third kappa shape index (κ3) is 4.13. The second-order valence-corrected chi connectivity index (χ2v) is 11.1. The van der Waals surface area contributed by atoms with Gasteiger partial charge in [0.15, 0.2) is 5.78 Å². The first-order chi connectivity index (χ1) is 15.0. The Balaban J connectivity index is 1.39. The number of aryl methyl sites for hydroxylation is 1. The zero-order valence-electron chi connectivity index (χ0n) is 18.3. The average Bonchev–Trinajstić information content (AvgIpc) is 3.68. The van der Waals surface area contributed by atoms with E-state index < -0.39 is 0 Å². The Bertz CT molecular complexity index is 1110. The Hall–Kier alpha value is -1.88. The predicted molar refractivity (Wildman–Crippen MR) is 122 cm³/mol. The minimum Gasteiger partial charge on any atom is -0.299 e. The first kappa shape index (κ1) is 21.0. The van der Waals surface area contributed by atoms with Crippen LogP contribution in [0.3, 0.4) is 0 Å². The van der Waals surface area contributed by atoms with E-state index in [1.165, 1.54) is 17.7 Å². The second kappa shape index (κ2) is 8.23. The van der Waals surface area contributed by atoms with E-state index in [2.05, 4.69) is 0 Å². The maximum absolute atomic E-state index is 13.3. The van der Waals surface area contributed by atoms with Gasteiger partial charge < -0.3 is 0 Å². The number of rotatable bonds is 10. The number of hydrogen-bond donors (Lipinski definition) is 0. The summed E-state index contributed by atoms with van der Waals surface area (Å²) in [4.78, 5) is 52.0. The van der Waals surface area contributed by atoms with Crippen molar-refractivity contribution in [2.45, 2.75) is 84.0 Å². The van der Waals surface area contributed by atoms with Crippen LogP contribution in [0.15, 0.2) is 9.59 Å². The molecular formula is C26H30O4S. The third-order valence-electron chi connectivity index (χ3n) is 7.52. The number of thiophene rings is 1. The van der Waals surface area contributed by atoms with E-state index in [1.54, 1.807) is 11.3 Å². The van der Waals surface area contributed by atoms with Gasteiger partial charge in [-0.05, 0) is 68.8 Å². The molecule has 164 valence electrons. The molecular weight excluding hydrogens is 408 g/mol. The molecule has 5 heteroatoms. The van der Waals surface area contributed by atoms with Crippen LogP contribution < -0.4 is 10.9 Å². The lowest BCUT2D eigenvalue weighted by Crippen LogP contribution is -2.40. The zero-order valence-corrected chi connectivity index (χ0v) is 19.1. The maximum atomic E-state index is 13.3. The number of carbonyl (C=O) groups excluding carboxylic acids is 2. The van der Waals surface area contributed by atoms with Gasteiger partial charge in [0.1, 0.15) is 5.78 Å². The molecule has 2 fully saturated rings. The van der Waals surface area contributed by atoms with Gasteiger partial charge in [0, 0.05) is 45.2 Å². The van der Waals surface area contributed by atoms with Crippen LogP contribution in [0.2, 0.25) is 0 Å². The summed E-state index contributed by atoms with van der Waals surface area (Å²) in [6.07, 6.45) is 10.4. The zero-order chi connectivity index (χ0) is 21.7. The lowest BCUT2D eigenvalue weighted by atomic mass is 9.79. The van der Waals surface area contributed by atoms with Crippen LogP contribution in [0.5, 0.6) is 0 Å². The Morgan fingerprint density at radius 1 is 0.968 bits per heavy atom. The van der Waals surface area contributed by atoms with Gasteiger partial charge in [-0.25, -0.2) is 0 Å². The molecule has 0 amide bonds. The van der Waals surface area contributed by atoms with Crippen LogP contribution in [0.4, 0.5) is 0 Å². The van der Waals surface area contributed by atoms with Gasteiger partial charge >= 0.3 is 0 Å². The molecule has 0 saturated heterocycles. The summed E-state index contributed by atoms with van der Waals surface area (Å²) in [5.41, 5.74) is 2.82. The first-order valence-corrected chi connectivity index (χ1v) is 12.8. The molecule has 4 nitrogen and oxygen atoms in total. The van der Waals surface area contributed by atoms with Crippen molar-refractivity contribution in [1.82, 2.24) is 0 Å². The predicted octanol–water partition coefficient (Wildman–Crippen LogP) is 4.15. The van der Waals surface area contributed by atoms with E-state index in [-0.39, 0.29) is 28.5 Å². The van der Waals surface area contributed by atoms with E-state index in [9.17, 15) is 19.2 Å². The minimum atomic E-state index is -0.304. The van der Waals surface area contributed by atoms with E-state index in [4.69, 9.17) is 0 Å². The highest BCUT2D eigenvalue weighted by molar-refractivity contribution is 7.12. The van der Waals surface area contributed by atoms with Crippen LogP contribution in [0.25, 0.3) is 0 Å². The third-order valence-corrected chi connectivity index (χ3v) is 8.82. The number of fused-ring (bicyclic) bond motifs is 1. The topological polar surface area (TPSA) is 68.3 Å². The van der Waals surface area contributed by atoms with Crippen LogP contribution in [0.1, 0.15) is 88.7 Å². The minimum absolute atomic E-state index is 0.211. The highest BCUT2D eigenvalue weighted by Gasteiger charge is 2.35. The molecule has 1 aromatic heterocycles. The van der Waals surface area contributed by atoms with Gasteiger partial charge in [-0.15, -0.1) is 11.3 Å². The molecule has 3 aliphatic carbocycles. The Kier molecular flexibility index (Phi) is 5.58. The number of Topliss-reactive ketones (excluding diaryl/α,β-unsaturated/α-hetero) is 2. The Morgan fingerprint density at radius 3 is 2.39 bits per heavy atom. The molecule has 1 atom stereocenters. The molecule has 0 unspecified atom stereocenters. The highest BCUT2D eigenvalue weighted by atomic mass is 32.1. The van der Waals surface area contributed by atoms with Crippen molar-refractivity contribution in [3.8, 4) is 0 Å². The van der Waals surface area contributed by atoms with E-state index in [0.717, 1.165) is 60.1 Å². The lowest BCUT2D eigenvalue weighted by Gasteiger charge is -2.24. The molecule has 0 spiro atoms. The number of hydrogen-bond acceptors (Lipinski definition) is 5. The van der Waals surface area contributed by atoms with Gasteiger partial charge in [-0.2, -0.15) is 0 Å². The molecule has 31 heavy (non-hydrogen) atoms. The van der Waals surface area contributed by atoms with Gasteiger partial charge in [0.05, 0.1) is 0 Å². The van der Waals surface area contributed by atoms with Crippen LogP contribution in [-0.4, -0.2) is 11.6 Å². The van der Waals surface area contributed by atoms with E-state index >= 15 is 0 Å². The monoisotopic (exact) mass is 438 g/mol. The Morgan fingerprint density at radius 2 is 1.71 bits per heavy atom. The summed E-state index contributed by atoms with van der Waals surface area (Å²) in [6.45, 7) is 1.93. The van der Waals surface area contributed by atoms with Crippen molar-refractivity contribution < 1.29 is 9.59 Å². The second-order valence-electron chi connectivity index (χ2n) is 9.91. The number of ketones is 2. The van der Waals surface area contributed by atoms with Crippen molar-refractivity contribution in [1.29, 1.82) is 0 Å². The molecule has 1 heterocycles. The SMILES string of the molecule is CCc1c(C[C@@H]2CCc3sc(CC(=O)C4CC4)c(C(=O)CCC4CC4)c3C2)c(=O)c1=O. The molecule has 0 bridgehead atoms. The summed E-state index contributed by atoms with van der Waals surface area (Å²) in [5, 5.41) is 0. The van der Waals surface area contributed by atoms with E-state index in [0.29, 0.717) is 42.9 Å². The molecule has 0 radical (unpaired) electrons. The van der Waals surface area contributed by atoms with Gasteiger partial charge in [-0.1, -0.05) is 19.8 Å². The summed E-state index contributed by atoms with van der Waals surface area (Å²) in [5.74, 6) is 1.72. The summed E-state index contributed by atoms with van der Waals surface area (Å²) in [6, 6.07) is 0. The van der Waals surface area contributed by atoms with Crippen LogP contribution in [0, 0.1) is 17.8 Å². The molecule has 3 aliphatic rings. The maximum Gasteiger partial charge on any atom is 0.229 e. The van der Waals surface area contributed by atoms with Crippen LogP contribution >= 0.6 is 11.3 Å². The lowest BCUT2D eigenvalue weighted by molar-refractivity contribution is -0.119. The smallest absolute Gasteiger partial charge is 0.229 e. The van der Waals surface area contributed by atoms with Gasteiger partial charge in [-0.3, -0.25) is 19.2 Å². The Labute approximate surface area is 186 Å². The quantitative estimate of drug-likeness (QED) is 0.413. The van der Waals surface area contributed by atoms with Gasteiger partial charge in [0.25, 0.3) is 0 Å². The number of carbonyl (C=O) groups is 2. The molecule has 5 rings (SSSR count). The van der Waals surface area contributed by atoms with Crippen molar-refractivity contribution in [2.75, 3.05) is 0 Å². The standard InChI is InChI=1S/C26H30O4S/c1-2-17-18(26(30)25(17)29)11-15-6-10-22-19(12-15)24(20(27)9-5-14-3-4-14)23(31-22)13-21(28)16-7-8-16/h14-16H,2-13H2,1H3/t15-/m0/s1. The van der Waals surface area contributed by atoms with E-state index in [1.807, 2.05) is 6.92 Å². The molecule has 2 aromatic rings. The average molecular weight is 439 g/mol. The molecule has 2 saturated carbocycles. The summed E-state index contributed by atoms with van der Waals surface area (Å²) >= 11 is 1.69. The molecule has 0 N–H and O–H groups in total. The fraction of sp³-hybridized carbons (Fsp3) is 0.615. The van der Waals surface area contributed by atoms with Crippen molar-refractivity contribution in [3.05, 3.63) is 52.5 Å². The normalized spacial score (nSPS) is 20.7. The molecule has 0 aliphatic heterocycles. The summed E-state index contributed by atoms with van der Waals surface area (Å²) < 4.78 is 0. The fourth-order valence-electron chi connectivity index (χ4n) is 5.27.